The van der Waals surface area contributed by atoms with Crippen LogP contribution in [0, 0.1) is 6.92 Å². The highest BCUT2D eigenvalue weighted by Gasteiger charge is 2.22. The number of hydrogen-bond acceptors (Lipinski definition) is 5. The lowest BCUT2D eigenvalue weighted by atomic mass is 10.1. The Labute approximate surface area is 139 Å². The Morgan fingerprint density at radius 3 is 3.17 bits per heavy atom. The third kappa shape index (κ3) is 3.96. The molecular formula is C17H20N2O3S. The van der Waals surface area contributed by atoms with Gasteiger partial charge in [-0.05, 0) is 25.3 Å². The van der Waals surface area contributed by atoms with Crippen LogP contribution in [0.1, 0.15) is 51.7 Å². The topological polar surface area (TPSA) is 71.5 Å². The zero-order chi connectivity index (χ0) is 16.2. The van der Waals surface area contributed by atoms with Gasteiger partial charge in [0.1, 0.15) is 16.8 Å². The average molecular weight is 332 g/mol. The number of aromatic nitrogens is 1. The van der Waals surface area contributed by atoms with Crippen molar-refractivity contribution in [2.45, 2.75) is 32.0 Å². The number of carbonyl (C=O) groups is 1. The van der Waals surface area contributed by atoms with E-state index in [2.05, 4.69) is 10.3 Å². The smallest absolute Gasteiger partial charge is 0.270 e. The van der Waals surface area contributed by atoms with Gasteiger partial charge in [0.2, 0.25) is 0 Å². The molecule has 0 aliphatic carbocycles. The van der Waals surface area contributed by atoms with Gasteiger partial charge in [0.25, 0.3) is 5.91 Å². The van der Waals surface area contributed by atoms with Crippen molar-refractivity contribution in [1.82, 2.24) is 10.3 Å². The fraction of sp³-hybridized carbons (Fsp3) is 0.412. The summed E-state index contributed by atoms with van der Waals surface area (Å²) in [6.45, 7) is 2.89. The molecule has 5 nitrogen and oxygen atoms in total. The third-order valence-electron chi connectivity index (χ3n) is 3.84. The van der Waals surface area contributed by atoms with E-state index in [0.717, 1.165) is 35.6 Å². The van der Waals surface area contributed by atoms with E-state index >= 15 is 0 Å². The molecule has 1 aliphatic rings. The molecule has 23 heavy (non-hydrogen) atoms. The fourth-order valence-corrected chi connectivity index (χ4v) is 3.47. The van der Waals surface area contributed by atoms with Crippen molar-refractivity contribution in [3.63, 3.8) is 0 Å². The summed E-state index contributed by atoms with van der Waals surface area (Å²) in [5.74, 6) is -0.266. The second-order valence-corrected chi connectivity index (χ2v) is 6.60. The highest BCUT2D eigenvalue weighted by Crippen LogP contribution is 2.30. The molecule has 0 saturated carbocycles. The minimum Gasteiger partial charge on any atom is -0.387 e. The maximum Gasteiger partial charge on any atom is 0.270 e. The first-order chi connectivity index (χ1) is 11.1. The molecule has 1 fully saturated rings. The van der Waals surface area contributed by atoms with Crippen molar-refractivity contribution in [1.29, 1.82) is 0 Å². The number of rotatable bonds is 5. The largest absolute Gasteiger partial charge is 0.387 e. The van der Waals surface area contributed by atoms with Gasteiger partial charge in [0.05, 0.1) is 6.10 Å². The van der Waals surface area contributed by atoms with Crippen LogP contribution in [0.5, 0.6) is 0 Å². The number of amides is 1. The molecule has 0 spiro atoms. The average Bonchev–Trinajstić information content (AvgIpc) is 3.22. The van der Waals surface area contributed by atoms with Crippen molar-refractivity contribution in [2.75, 3.05) is 13.2 Å². The molecule has 2 N–H and O–H groups in total. The van der Waals surface area contributed by atoms with E-state index in [-0.39, 0.29) is 18.6 Å². The van der Waals surface area contributed by atoms with Crippen molar-refractivity contribution in [3.05, 3.63) is 51.5 Å². The number of carbonyl (C=O) groups excluding carboxylic acids is 1. The first-order valence-electron chi connectivity index (χ1n) is 7.73. The molecule has 0 radical (unpaired) electrons. The molecule has 2 atom stereocenters. The van der Waals surface area contributed by atoms with E-state index in [0.29, 0.717) is 5.69 Å². The van der Waals surface area contributed by atoms with Gasteiger partial charge in [-0.2, -0.15) is 0 Å². The Hall–Kier alpha value is -1.76. The van der Waals surface area contributed by atoms with Gasteiger partial charge in [-0.25, -0.2) is 4.98 Å². The summed E-state index contributed by atoms with van der Waals surface area (Å²) < 4.78 is 5.58. The molecule has 1 aromatic carbocycles. The number of benzene rings is 1. The van der Waals surface area contributed by atoms with Crippen LogP contribution in [0.4, 0.5) is 0 Å². The van der Waals surface area contributed by atoms with Gasteiger partial charge >= 0.3 is 0 Å². The standard InChI is InChI=1S/C17H20N2O3S/c1-11-4-2-5-12(8-11)14(20)9-18-16(21)13-10-23-17(19-13)15-6-3-7-22-15/h2,4-5,8,10,14-15,20H,3,6-7,9H2,1H3,(H,18,21). The maximum atomic E-state index is 12.2. The molecule has 122 valence electrons. The van der Waals surface area contributed by atoms with Gasteiger partial charge in [-0.1, -0.05) is 29.8 Å². The van der Waals surface area contributed by atoms with Crippen LogP contribution >= 0.6 is 11.3 Å². The normalized spacial score (nSPS) is 18.8. The van der Waals surface area contributed by atoms with Gasteiger partial charge in [0.15, 0.2) is 0 Å². The van der Waals surface area contributed by atoms with Crippen LogP contribution in [-0.2, 0) is 4.74 Å². The van der Waals surface area contributed by atoms with Crippen LogP contribution in [-0.4, -0.2) is 29.1 Å². The zero-order valence-corrected chi connectivity index (χ0v) is 13.8. The van der Waals surface area contributed by atoms with Crippen LogP contribution < -0.4 is 5.32 Å². The van der Waals surface area contributed by atoms with E-state index in [9.17, 15) is 9.90 Å². The lowest BCUT2D eigenvalue weighted by molar-refractivity contribution is 0.0909. The Balaban J connectivity index is 1.56. The molecule has 1 amide bonds. The van der Waals surface area contributed by atoms with Crippen LogP contribution in [0.25, 0.3) is 0 Å². The minimum absolute atomic E-state index is 0.0273. The molecule has 2 aromatic rings. The molecular weight excluding hydrogens is 312 g/mol. The highest BCUT2D eigenvalue weighted by atomic mass is 32.1. The molecule has 3 rings (SSSR count). The monoisotopic (exact) mass is 332 g/mol. The van der Waals surface area contributed by atoms with Crippen molar-refractivity contribution in [2.24, 2.45) is 0 Å². The van der Waals surface area contributed by atoms with Gasteiger partial charge in [0, 0.05) is 18.5 Å². The number of aliphatic hydroxyl groups excluding tert-OH is 1. The van der Waals surface area contributed by atoms with Crippen LogP contribution in [0.3, 0.4) is 0 Å². The molecule has 1 saturated heterocycles. The molecule has 2 unspecified atom stereocenters. The summed E-state index contributed by atoms with van der Waals surface area (Å²) >= 11 is 1.45. The first kappa shape index (κ1) is 16.1. The summed E-state index contributed by atoms with van der Waals surface area (Å²) in [7, 11) is 0. The van der Waals surface area contributed by atoms with Gasteiger partial charge < -0.3 is 15.2 Å². The van der Waals surface area contributed by atoms with Crippen molar-refractivity contribution < 1.29 is 14.6 Å². The van der Waals surface area contributed by atoms with Gasteiger partial charge in [-0.3, -0.25) is 4.79 Å². The number of nitrogens with zero attached hydrogens (tertiary/aromatic N) is 1. The molecule has 0 bridgehead atoms. The summed E-state index contributed by atoms with van der Waals surface area (Å²) in [6, 6.07) is 7.62. The van der Waals surface area contributed by atoms with Gasteiger partial charge in [-0.15, -0.1) is 11.3 Å². The number of ether oxygens (including phenoxy) is 1. The van der Waals surface area contributed by atoms with Crippen LogP contribution in [0.2, 0.25) is 0 Å². The number of aliphatic hydroxyl groups is 1. The lowest BCUT2D eigenvalue weighted by Gasteiger charge is -2.12. The third-order valence-corrected chi connectivity index (χ3v) is 4.78. The van der Waals surface area contributed by atoms with E-state index in [1.807, 2.05) is 31.2 Å². The molecule has 6 heteroatoms. The maximum absolute atomic E-state index is 12.2. The van der Waals surface area contributed by atoms with E-state index in [4.69, 9.17) is 4.74 Å². The Bertz CT molecular complexity index is 680. The quantitative estimate of drug-likeness (QED) is 0.883. The van der Waals surface area contributed by atoms with E-state index in [1.54, 1.807) is 5.38 Å². The van der Waals surface area contributed by atoms with E-state index < -0.39 is 6.10 Å². The number of hydrogen-bond donors (Lipinski definition) is 2. The predicted octanol–water partition coefficient (Wildman–Crippen LogP) is 2.77. The van der Waals surface area contributed by atoms with E-state index in [1.165, 1.54) is 11.3 Å². The Morgan fingerprint density at radius 1 is 1.57 bits per heavy atom. The van der Waals surface area contributed by atoms with Crippen molar-refractivity contribution >= 4 is 17.2 Å². The van der Waals surface area contributed by atoms with Crippen LogP contribution in [0.15, 0.2) is 29.6 Å². The second-order valence-electron chi connectivity index (χ2n) is 5.71. The lowest BCUT2D eigenvalue weighted by Crippen LogP contribution is -2.28. The zero-order valence-electron chi connectivity index (χ0n) is 13.0. The number of thiazole rings is 1. The SMILES string of the molecule is Cc1cccc(C(O)CNC(=O)c2csc(C3CCCO3)n2)c1. The molecule has 1 aliphatic heterocycles. The second kappa shape index (κ2) is 7.21. The predicted molar refractivity (Wildman–Crippen MR) is 88.5 cm³/mol. The number of nitrogens with one attached hydrogen (secondary N) is 1. The summed E-state index contributed by atoms with van der Waals surface area (Å²) in [5, 5.41) is 15.5. The molecule has 2 heterocycles. The number of aryl methyl sites for hydroxylation is 1. The summed E-state index contributed by atoms with van der Waals surface area (Å²) in [6.07, 6.45) is 1.30. The molecule has 1 aromatic heterocycles. The fourth-order valence-electron chi connectivity index (χ4n) is 2.59. The Morgan fingerprint density at radius 2 is 2.43 bits per heavy atom. The van der Waals surface area contributed by atoms with Crippen molar-refractivity contribution in [3.8, 4) is 0 Å². The summed E-state index contributed by atoms with van der Waals surface area (Å²) in [4.78, 5) is 16.5. The first-order valence-corrected chi connectivity index (χ1v) is 8.61. The highest BCUT2D eigenvalue weighted by molar-refractivity contribution is 7.09. The minimum atomic E-state index is -0.727. The summed E-state index contributed by atoms with van der Waals surface area (Å²) in [5.41, 5.74) is 2.26. The Kier molecular flexibility index (Phi) is 5.05.